The predicted molar refractivity (Wildman–Crippen MR) is 37.8 cm³/mol. The van der Waals surface area contributed by atoms with E-state index >= 15 is 0 Å². The molecule has 0 saturated heterocycles. The molecule has 0 spiro atoms. The van der Waals surface area contributed by atoms with Crippen LogP contribution in [0.2, 0.25) is 0 Å². The van der Waals surface area contributed by atoms with Gasteiger partial charge in [-0.1, -0.05) is 11.1 Å². The number of hydrogen-bond acceptors (Lipinski definition) is 2. The van der Waals surface area contributed by atoms with E-state index in [1.54, 1.807) is 0 Å². The Balaban J connectivity index is 3.44. The van der Waals surface area contributed by atoms with Crippen molar-refractivity contribution in [2.75, 3.05) is 0 Å². The van der Waals surface area contributed by atoms with Crippen LogP contribution in [0.15, 0.2) is 17.5 Å². The predicted octanol–water partition coefficient (Wildman–Crippen LogP) is 1.55. The van der Waals surface area contributed by atoms with Crippen molar-refractivity contribution in [3.05, 3.63) is 12.3 Å². The molecule has 0 aromatic carbocycles. The molecule has 0 saturated carbocycles. The Labute approximate surface area is 55.2 Å². The first-order chi connectivity index (χ1) is 4.27. The summed E-state index contributed by atoms with van der Waals surface area (Å²) >= 11 is 0. The van der Waals surface area contributed by atoms with Crippen LogP contribution in [-0.4, -0.2) is 5.71 Å². The summed E-state index contributed by atoms with van der Waals surface area (Å²) in [6.45, 7) is 3.67. The summed E-state index contributed by atoms with van der Waals surface area (Å²) in [4.78, 5) is 4.60. The molecule has 0 radical (unpaired) electrons. The zero-order valence-corrected chi connectivity index (χ0v) is 5.59. The lowest BCUT2D eigenvalue weighted by molar-refractivity contribution is 0.268. The minimum atomic E-state index is 0.858. The quantitative estimate of drug-likeness (QED) is 0.236. The van der Waals surface area contributed by atoms with Crippen molar-refractivity contribution in [3.8, 4) is 12.3 Å². The van der Waals surface area contributed by atoms with Gasteiger partial charge >= 0.3 is 0 Å². The fourth-order valence-electron chi connectivity index (χ4n) is 0.206. The minimum absolute atomic E-state index is 0.858. The second-order valence-corrected chi connectivity index (χ2v) is 1.61. The number of oxime groups is 1. The van der Waals surface area contributed by atoms with Crippen molar-refractivity contribution in [2.45, 2.75) is 13.8 Å². The second kappa shape index (κ2) is 4.92. The lowest BCUT2D eigenvalue weighted by Crippen LogP contribution is -1.79. The molecule has 0 aliphatic heterocycles. The van der Waals surface area contributed by atoms with E-state index in [0.29, 0.717) is 0 Å². The smallest absolute Gasteiger partial charge is 0.130 e. The van der Waals surface area contributed by atoms with Gasteiger partial charge in [-0.15, -0.1) is 6.42 Å². The van der Waals surface area contributed by atoms with Gasteiger partial charge in [-0.05, 0) is 13.8 Å². The van der Waals surface area contributed by atoms with Crippen LogP contribution in [-0.2, 0) is 4.84 Å². The molecule has 0 aliphatic rings. The fourth-order valence-corrected chi connectivity index (χ4v) is 0.206. The van der Waals surface area contributed by atoms with Crippen molar-refractivity contribution >= 4 is 5.71 Å². The molecule has 0 atom stereocenters. The highest BCUT2D eigenvalue weighted by Gasteiger charge is 1.72. The van der Waals surface area contributed by atoms with Gasteiger partial charge in [0.2, 0.25) is 0 Å². The molecule has 0 rings (SSSR count). The molecular formula is C7H9NO. The van der Waals surface area contributed by atoms with Crippen molar-refractivity contribution in [2.24, 2.45) is 5.16 Å². The summed E-state index contributed by atoms with van der Waals surface area (Å²) in [5.74, 6) is 2.27. The Morgan fingerprint density at radius 1 is 1.67 bits per heavy atom. The standard InChI is InChI=1S/C7H9NO/c1-4-5-6-9-8-7(2)3/h1,5-6H,2-3H3/b6-5+. The summed E-state index contributed by atoms with van der Waals surface area (Å²) in [5, 5.41) is 3.60. The van der Waals surface area contributed by atoms with Crippen LogP contribution in [0.3, 0.4) is 0 Å². The number of hydrogen-bond donors (Lipinski definition) is 0. The van der Waals surface area contributed by atoms with Gasteiger partial charge in [-0.3, -0.25) is 0 Å². The molecular weight excluding hydrogens is 114 g/mol. The van der Waals surface area contributed by atoms with Gasteiger partial charge in [0.15, 0.2) is 0 Å². The molecule has 2 heteroatoms. The average Bonchev–Trinajstić information content (AvgIpc) is 1.80. The first-order valence-electron chi connectivity index (χ1n) is 2.55. The molecule has 0 fully saturated rings. The number of nitrogens with zero attached hydrogens (tertiary/aromatic N) is 1. The maximum Gasteiger partial charge on any atom is 0.130 e. The van der Waals surface area contributed by atoms with Crippen LogP contribution in [0, 0.1) is 12.3 Å². The van der Waals surface area contributed by atoms with Crippen LogP contribution in [0.1, 0.15) is 13.8 Å². The van der Waals surface area contributed by atoms with Gasteiger partial charge in [-0.2, -0.15) is 0 Å². The van der Waals surface area contributed by atoms with Crippen molar-refractivity contribution in [1.82, 2.24) is 0 Å². The molecule has 0 unspecified atom stereocenters. The molecule has 0 amide bonds. The monoisotopic (exact) mass is 123 g/mol. The maximum absolute atomic E-state index is 4.88. The summed E-state index contributed by atoms with van der Waals surface area (Å²) in [6.07, 6.45) is 7.67. The van der Waals surface area contributed by atoms with Crippen LogP contribution in [0.5, 0.6) is 0 Å². The lowest BCUT2D eigenvalue weighted by Gasteiger charge is -1.86. The van der Waals surface area contributed by atoms with Crippen LogP contribution in [0.4, 0.5) is 0 Å². The van der Waals surface area contributed by atoms with Gasteiger partial charge in [0.1, 0.15) is 6.26 Å². The Morgan fingerprint density at radius 3 is 2.78 bits per heavy atom. The largest absolute Gasteiger partial charge is 0.364 e. The zero-order valence-electron chi connectivity index (χ0n) is 5.59. The normalized spacial score (nSPS) is 8.56. The van der Waals surface area contributed by atoms with E-state index in [9.17, 15) is 0 Å². The summed E-state index contributed by atoms with van der Waals surface area (Å²) in [7, 11) is 0. The summed E-state index contributed by atoms with van der Waals surface area (Å²) < 4.78 is 0. The first kappa shape index (κ1) is 7.77. The molecule has 0 aromatic rings. The maximum atomic E-state index is 4.88. The Hall–Kier alpha value is -1.23. The van der Waals surface area contributed by atoms with Crippen molar-refractivity contribution in [3.63, 3.8) is 0 Å². The highest BCUT2D eigenvalue weighted by Crippen LogP contribution is 1.79. The van der Waals surface area contributed by atoms with Gasteiger partial charge < -0.3 is 4.84 Å². The van der Waals surface area contributed by atoms with E-state index in [2.05, 4.69) is 15.9 Å². The van der Waals surface area contributed by atoms with Crippen LogP contribution >= 0.6 is 0 Å². The molecule has 0 aromatic heterocycles. The topological polar surface area (TPSA) is 21.6 Å². The summed E-state index contributed by atoms with van der Waals surface area (Å²) in [6, 6.07) is 0. The molecule has 0 aliphatic carbocycles. The van der Waals surface area contributed by atoms with E-state index in [1.165, 1.54) is 12.3 Å². The lowest BCUT2D eigenvalue weighted by atomic mass is 10.5. The Morgan fingerprint density at radius 2 is 2.33 bits per heavy atom. The van der Waals surface area contributed by atoms with E-state index in [0.717, 1.165) is 5.71 Å². The highest BCUT2D eigenvalue weighted by atomic mass is 16.6. The Bertz CT molecular complexity index is 158. The van der Waals surface area contributed by atoms with E-state index in [1.807, 2.05) is 13.8 Å². The van der Waals surface area contributed by atoms with Crippen molar-refractivity contribution < 1.29 is 4.84 Å². The fraction of sp³-hybridized carbons (Fsp3) is 0.286. The minimum Gasteiger partial charge on any atom is -0.364 e. The molecule has 9 heavy (non-hydrogen) atoms. The summed E-state index contributed by atoms with van der Waals surface area (Å²) in [5.41, 5.74) is 0.858. The number of terminal acetylenes is 1. The van der Waals surface area contributed by atoms with E-state index in [4.69, 9.17) is 6.42 Å². The molecule has 0 heterocycles. The van der Waals surface area contributed by atoms with Crippen LogP contribution < -0.4 is 0 Å². The molecule has 0 bridgehead atoms. The molecule has 2 nitrogen and oxygen atoms in total. The van der Waals surface area contributed by atoms with Crippen molar-refractivity contribution in [1.29, 1.82) is 0 Å². The first-order valence-corrected chi connectivity index (χ1v) is 2.55. The van der Waals surface area contributed by atoms with Gasteiger partial charge in [-0.25, -0.2) is 0 Å². The SMILES string of the molecule is C#C/C=C/ON=C(C)C. The average molecular weight is 123 g/mol. The molecule has 0 N–H and O–H groups in total. The number of rotatable bonds is 2. The highest BCUT2D eigenvalue weighted by molar-refractivity contribution is 5.78. The zero-order chi connectivity index (χ0) is 7.11. The third-order valence-electron chi connectivity index (χ3n) is 0.460. The van der Waals surface area contributed by atoms with Gasteiger partial charge in [0.25, 0.3) is 0 Å². The second-order valence-electron chi connectivity index (χ2n) is 1.61. The third-order valence-corrected chi connectivity index (χ3v) is 0.460. The van der Waals surface area contributed by atoms with Crippen LogP contribution in [0.25, 0.3) is 0 Å². The Kier molecular flexibility index (Phi) is 4.25. The van der Waals surface area contributed by atoms with Gasteiger partial charge in [0, 0.05) is 6.08 Å². The number of allylic oxidation sites excluding steroid dienone is 1. The van der Waals surface area contributed by atoms with E-state index in [-0.39, 0.29) is 0 Å². The third kappa shape index (κ3) is 6.77. The van der Waals surface area contributed by atoms with E-state index < -0.39 is 0 Å². The molecule has 48 valence electrons. The van der Waals surface area contributed by atoms with Gasteiger partial charge in [0.05, 0.1) is 5.71 Å².